The number of hydrogen-bond donors (Lipinski definition) is 2. The van der Waals surface area contributed by atoms with Crippen molar-refractivity contribution < 1.29 is 4.39 Å². The van der Waals surface area contributed by atoms with Crippen LogP contribution in [0.2, 0.25) is 0 Å². The molecular formula is C10H17FN4. The number of nitrogens with one attached hydrogen (secondary N) is 1. The molecule has 0 amide bonds. The monoisotopic (exact) mass is 212 g/mol. The second kappa shape index (κ2) is 5.60. The third kappa shape index (κ3) is 2.86. The van der Waals surface area contributed by atoms with Crippen LogP contribution >= 0.6 is 0 Å². The molecule has 0 spiro atoms. The van der Waals surface area contributed by atoms with Gasteiger partial charge in [0.05, 0.1) is 5.69 Å². The van der Waals surface area contributed by atoms with E-state index in [9.17, 15) is 4.39 Å². The standard InChI is InChI=1S/C10H17FN4/c1-3-7-9(11)10(13-6-5-12)15-8(4-2)14-7/h3-6,12H2,1-2H3,(H,13,14,15). The van der Waals surface area contributed by atoms with Gasteiger partial charge >= 0.3 is 0 Å². The van der Waals surface area contributed by atoms with E-state index in [-0.39, 0.29) is 11.6 Å². The predicted octanol–water partition coefficient (Wildman–Crippen LogP) is 1.11. The Morgan fingerprint density at radius 3 is 2.53 bits per heavy atom. The zero-order valence-corrected chi connectivity index (χ0v) is 9.18. The van der Waals surface area contributed by atoms with Gasteiger partial charge in [-0.15, -0.1) is 0 Å². The molecule has 0 unspecified atom stereocenters. The molecule has 0 fully saturated rings. The molecular weight excluding hydrogens is 195 g/mol. The van der Waals surface area contributed by atoms with E-state index in [2.05, 4.69) is 15.3 Å². The number of rotatable bonds is 5. The first-order valence-corrected chi connectivity index (χ1v) is 5.22. The Morgan fingerprint density at radius 1 is 1.27 bits per heavy atom. The van der Waals surface area contributed by atoms with E-state index in [1.165, 1.54) is 0 Å². The van der Waals surface area contributed by atoms with Crippen molar-refractivity contribution in [2.75, 3.05) is 18.4 Å². The van der Waals surface area contributed by atoms with E-state index in [1.54, 1.807) is 0 Å². The van der Waals surface area contributed by atoms with Gasteiger partial charge in [-0.05, 0) is 6.42 Å². The van der Waals surface area contributed by atoms with Gasteiger partial charge in [-0.3, -0.25) is 0 Å². The quantitative estimate of drug-likeness (QED) is 0.767. The van der Waals surface area contributed by atoms with Gasteiger partial charge in [-0.25, -0.2) is 14.4 Å². The molecule has 1 rings (SSSR count). The van der Waals surface area contributed by atoms with Gasteiger partial charge in [-0.1, -0.05) is 13.8 Å². The number of halogens is 1. The normalized spacial score (nSPS) is 10.4. The molecule has 0 saturated carbocycles. The smallest absolute Gasteiger partial charge is 0.186 e. The molecule has 3 N–H and O–H groups in total. The topological polar surface area (TPSA) is 63.8 Å². The average Bonchev–Trinajstić information content (AvgIpc) is 2.27. The SMILES string of the molecule is CCc1nc(CC)c(F)c(NCCN)n1. The number of aryl methyl sites for hydroxylation is 2. The van der Waals surface area contributed by atoms with Crippen LogP contribution in [-0.2, 0) is 12.8 Å². The lowest BCUT2D eigenvalue weighted by atomic mass is 10.3. The molecule has 84 valence electrons. The van der Waals surface area contributed by atoms with Crippen molar-refractivity contribution in [2.45, 2.75) is 26.7 Å². The van der Waals surface area contributed by atoms with Gasteiger partial charge in [0.1, 0.15) is 5.82 Å². The van der Waals surface area contributed by atoms with Gasteiger partial charge in [0.15, 0.2) is 11.6 Å². The van der Waals surface area contributed by atoms with Crippen LogP contribution in [0, 0.1) is 5.82 Å². The average molecular weight is 212 g/mol. The van der Waals surface area contributed by atoms with Crippen LogP contribution in [-0.4, -0.2) is 23.1 Å². The summed E-state index contributed by atoms with van der Waals surface area (Å²) >= 11 is 0. The van der Waals surface area contributed by atoms with Crippen LogP contribution < -0.4 is 11.1 Å². The van der Waals surface area contributed by atoms with E-state index in [1.807, 2.05) is 13.8 Å². The fraction of sp³-hybridized carbons (Fsp3) is 0.600. The van der Waals surface area contributed by atoms with Gasteiger partial charge < -0.3 is 11.1 Å². The number of nitrogens with two attached hydrogens (primary N) is 1. The summed E-state index contributed by atoms with van der Waals surface area (Å²) in [6.07, 6.45) is 1.27. The summed E-state index contributed by atoms with van der Waals surface area (Å²) in [6, 6.07) is 0. The predicted molar refractivity (Wildman–Crippen MR) is 58.3 cm³/mol. The minimum Gasteiger partial charge on any atom is -0.366 e. The van der Waals surface area contributed by atoms with E-state index in [4.69, 9.17) is 5.73 Å². The largest absolute Gasteiger partial charge is 0.366 e. The summed E-state index contributed by atoms with van der Waals surface area (Å²) in [5.41, 5.74) is 5.80. The van der Waals surface area contributed by atoms with Crippen molar-refractivity contribution >= 4 is 5.82 Å². The van der Waals surface area contributed by atoms with E-state index >= 15 is 0 Å². The Labute approximate surface area is 89.1 Å². The van der Waals surface area contributed by atoms with Crippen molar-refractivity contribution in [3.63, 3.8) is 0 Å². The van der Waals surface area contributed by atoms with E-state index in [0.717, 1.165) is 0 Å². The maximum Gasteiger partial charge on any atom is 0.186 e. The molecule has 5 heteroatoms. The molecule has 0 aliphatic rings. The zero-order chi connectivity index (χ0) is 11.3. The third-order valence-corrected chi connectivity index (χ3v) is 2.05. The van der Waals surface area contributed by atoms with Gasteiger partial charge in [0, 0.05) is 19.5 Å². The molecule has 1 heterocycles. The van der Waals surface area contributed by atoms with Crippen LogP contribution in [0.25, 0.3) is 0 Å². The summed E-state index contributed by atoms with van der Waals surface area (Å²) in [4.78, 5) is 8.20. The highest BCUT2D eigenvalue weighted by molar-refractivity contribution is 5.38. The highest BCUT2D eigenvalue weighted by Crippen LogP contribution is 2.15. The second-order valence-corrected chi connectivity index (χ2v) is 3.17. The molecule has 0 aliphatic carbocycles. The summed E-state index contributed by atoms with van der Waals surface area (Å²) in [6.45, 7) is 4.78. The molecule has 1 aromatic heterocycles. The molecule has 0 atom stereocenters. The van der Waals surface area contributed by atoms with E-state index < -0.39 is 0 Å². The first kappa shape index (κ1) is 11.8. The van der Waals surface area contributed by atoms with E-state index in [0.29, 0.717) is 37.4 Å². The lowest BCUT2D eigenvalue weighted by molar-refractivity contribution is 0.592. The summed E-state index contributed by atoms with van der Waals surface area (Å²) in [7, 11) is 0. The van der Waals surface area contributed by atoms with Crippen molar-refractivity contribution in [3.05, 3.63) is 17.3 Å². The van der Waals surface area contributed by atoms with Crippen molar-refractivity contribution in [2.24, 2.45) is 5.73 Å². The van der Waals surface area contributed by atoms with Crippen molar-refractivity contribution in [3.8, 4) is 0 Å². The summed E-state index contributed by atoms with van der Waals surface area (Å²) < 4.78 is 13.7. The minimum atomic E-state index is -0.358. The van der Waals surface area contributed by atoms with Crippen LogP contribution in [0.4, 0.5) is 10.2 Å². The van der Waals surface area contributed by atoms with Gasteiger partial charge in [-0.2, -0.15) is 0 Å². The van der Waals surface area contributed by atoms with Gasteiger partial charge in [0.2, 0.25) is 0 Å². The maximum atomic E-state index is 13.7. The van der Waals surface area contributed by atoms with Crippen LogP contribution in [0.15, 0.2) is 0 Å². The molecule has 0 saturated heterocycles. The molecule has 0 aromatic carbocycles. The second-order valence-electron chi connectivity index (χ2n) is 3.17. The Bertz CT molecular complexity index is 327. The lowest BCUT2D eigenvalue weighted by Crippen LogP contribution is -2.16. The van der Waals surface area contributed by atoms with Gasteiger partial charge in [0.25, 0.3) is 0 Å². The van der Waals surface area contributed by atoms with Crippen LogP contribution in [0.5, 0.6) is 0 Å². The molecule has 15 heavy (non-hydrogen) atoms. The third-order valence-electron chi connectivity index (χ3n) is 2.05. The number of aromatic nitrogens is 2. The fourth-order valence-electron chi connectivity index (χ4n) is 1.24. The molecule has 0 radical (unpaired) electrons. The number of anilines is 1. The maximum absolute atomic E-state index is 13.7. The Balaban J connectivity index is 3.01. The van der Waals surface area contributed by atoms with Crippen LogP contribution in [0.1, 0.15) is 25.4 Å². The number of hydrogen-bond acceptors (Lipinski definition) is 4. The highest BCUT2D eigenvalue weighted by Gasteiger charge is 2.11. The molecule has 4 nitrogen and oxygen atoms in total. The molecule has 0 aliphatic heterocycles. The number of nitrogens with zero attached hydrogens (tertiary/aromatic N) is 2. The Hall–Kier alpha value is -1.23. The highest BCUT2D eigenvalue weighted by atomic mass is 19.1. The Morgan fingerprint density at radius 2 is 2.00 bits per heavy atom. The fourth-order valence-corrected chi connectivity index (χ4v) is 1.24. The minimum absolute atomic E-state index is 0.268. The molecule has 1 aromatic rings. The zero-order valence-electron chi connectivity index (χ0n) is 9.18. The van der Waals surface area contributed by atoms with Crippen molar-refractivity contribution in [1.29, 1.82) is 0 Å². The van der Waals surface area contributed by atoms with Crippen molar-refractivity contribution in [1.82, 2.24) is 9.97 Å². The summed E-state index contributed by atoms with van der Waals surface area (Å²) in [5, 5.41) is 2.86. The van der Waals surface area contributed by atoms with Crippen LogP contribution in [0.3, 0.4) is 0 Å². The summed E-state index contributed by atoms with van der Waals surface area (Å²) in [5.74, 6) is 0.570. The first-order valence-electron chi connectivity index (χ1n) is 5.22. The first-order chi connectivity index (χ1) is 7.22. The lowest BCUT2D eigenvalue weighted by Gasteiger charge is -2.09. The Kier molecular flexibility index (Phi) is 4.42. The molecule has 0 bridgehead atoms.